The molecule has 51 heavy (non-hydrogen) atoms. The molecule has 7 nitrogen and oxygen atoms in total. The zero-order chi connectivity index (χ0) is 35.9. The molecule has 2 heterocycles. The SMILES string of the molecule is COc1ccc(C2=CC3=C(c4ccc(Cl)cc4)OC[C@@H]3C(C)(C)[C@]23C(=O)N(S(=O)(=O)c2cccc4c(N(C)C)cccc24)c2ccccc23)cc1. The smallest absolute Gasteiger partial charge is 0.271 e. The minimum absolute atomic E-state index is 0.0716. The van der Waals surface area contributed by atoms with Crippen molar-refractivity contribution in [1.82, 2.24) is 0 Å². The van der Waals surface area contributed by atoms with Crippen molar-refractivity contribution in [2.45, 2.75) is 24.2 Å². The molecule has 9 heteroatoms. The number of anilines is 2. The van der Waals surface area contributed by atoms with Gasteiger partial charge in [0, 0.05) is 52.6 Å². The molecule has 5 aromatic rings. The summed E-state index contributed by atoms with van der Waals surface area (Å²) in [6.45, 7) is 4.45. The van der Waals surface area contributed by atoms with Gasteiger partial charge in [-0.15, -0.1) is 0 Å². The van der Waals surface area contributed by atoms with Crippen LogP contribution in [0.2, 0.25) is 5.02 Å². The predicted octanol–water partition coefficient (Wildman–Crippen LogP) is 8.72. The lowest BCUT2D eigenvalue weighted by Crippen LogP contribution is -2.57. The van der Waals surface area contributed by atoms with Crippen LogP contribution in [-0.4, -0.2) is 42.1 Å². The summed E-state index contributed by atoms with van der Waals surface area (Å²) in [5.41, 5.74) is 2.90. The monoisotopic (exact) mass is 716 g/mol. The quantitative estimate of drug-likeness (QED) is 0.175. The van der Waals surface area contributed by atoms with Crippen molar-refractivity contribution >= 4 is 61.0 Å². The van der Waals surface area contributed by atoms with E-state index in [1.807, 2.05) is 97.9 Å². The summed E-state index contributed by atoms with van der Waals surface area (Å²) in [6.07, 6.45) is 2.06. The van der Waals surface area contributed by atoms with Crippen LogP contribution in [0.15, 0.2) is 126 Å². The molecular weight excluding hydrogens is 680 g/mol. The molecule has 1 aliphatic carbocycles. The van der Waals surface area contributed by atoms with Gasteiger partial charge in [-0.25, -0.2) is 12.7 Å². The van der Waals surface area contributed by atoms with Gasteiger partial charge in [-0.2, -0.15) is 0 Å². The van der Waals surface area contributed by atoms with Gasteiger partial charge in [0.2, 0.25) is 0 Å². The number of allylic oxidation sites excluding steroid dienone is 1. The van der Waals surface area contributed by atoms with E-state index in [0.29, 0.717) is 39.6 Å². The summed E-state index contributed by atoms with van der Waals surface area (Å²) in [7, 11) is 1.02. The average molecular weight is 717 g/mol. The number of hydrogen-bond donors (Lipinski definition) is 0. The summed E-state index contributed by atoms with van der Waals surface area (Å²) in [5.74, 6) is 0.629. The predicted molar refractivity (Wildman–Crippen MR) is 204 cm³/mol. The van der Waals surface area contributed by atoms with Crippen LogP contribution < -0.4 is 13.9 Å². The number of benzene rings is 5. The van der Waals surface area contributed by atoms with Gasteiger partial charge in [-0.1, -0.05) is 80.0 Å². The van der Waals surface area contributed by atoms with Crippen molar-refractivity contribution in [1.29, 1.82) is 0 Å². The molecule has 0 unspecified atom stereocenters. The minimum Gasteiger partial charge on any atom is -0.497 e. The number of ether oxygens (including phenoxy) is 2. The van der Waals surface area contributed by atoms with Crippen LogP contribution in [-0.2, 0) is 25.0 Å². The van der Waals surface area contributed by atoms with E-state index in [9.17, 15) is 0 Å². The first kappa shape index (κ1) is 33.1. The summed E-state index contributed by atoms with van der Waals surface area (Å²) >= 11 is 6.25. The van der Waals surface area contributed by atoms with E-state index >= 15 is 13.2 Å². The Balaban J connectivity index is 1.41. The van der Waals surface area contributed by atoms with Gasteiger partial charge in [0.05, 0.1) is 24.3 Å². The lowest BCUT2D eigenvalue weighted by molar-refractivity contribution is -0.124. The Kier molecular flexibility index (Phi) is 7.63. The molecule has 3 aliphatic rings. The first-order valence-corrected chi connectivity index (χ1v) is 18.6. The maximum Gasteiger partial charge on any atom is 0.271 e. The number of hydrogen-bond acceptors (Lipinski definition) is 6. The summed E-state index contributed by atoms with van der Waals surface area (Å²) < 4.78 is 43.4. The van der Waals surface area contributed by atoms with Crippen molar-refractivity contribution < 1.29 is 22.7 Å². The molecule has 0 N–H and O–H groups in total. The number of carbonyl (C=O) groups excluding carboxylic acids is 1. The lowest BCUT2D eigenvalue weighted by atomic mass is 9.49. The zero-order valence-electron chi connectivity index (χ0n) is 29.0. The third-order valence-corrected chi connectivity index (χ3v) is 13.0. The number of carbonyl (C=O) groups is 1. The van der Waals surface area contributed by atoms with Crippen LogP contribution in [0.3, 0.4) is 0 Å². The van der Waals surface area contributed by atoms with Gasteiger partial charge < -0.3 is 14.4 Å². The number of fused-ring (bicyclic) bond motifs is 4. The Morgan fingerprint density at radius 1 is 0.843 bits per heavy atom. The van der Waals surface area contributed by atoms with Crippen LogP contribution in [0.4, 0.5) is 11.4 Å². The zero-order valence-corrected chi connectivity index (χ0v) is 30.5. The van der Waals surface area contributed by atoms with Gasteiger partial charge in [0.15, 0.2) is 0 Å². The number of rotatable bonds is 6. The second kappa shape index (κ2) is 11.8. The highest BCUT2D eigenvalue weighted by atomic mass is 35.5. The summed E-state index contributed by atoms with van der Waals surface area (Å²) in [6, 6.07) is 33.3. The molecule has 8 rings (SSSR count). The normalized spacial score (nSPS) is 20.7. The fourth-order valence-electron chi connectivity index (χ4n) is 8.50. The third-order valence-electron chi connectivity index (χ3n) is 11.0. The van der Waals surface area contributed by atoms with Gasteiger partial charge in [0.1, 0.15) is 16.9 Å². The maximum atomic E-state index is 15.8. The van der Waals surface area contributed by atoms with Crippen LogP contribution in [0, 0.1) is 11.3 Å². The molecule has 1 spiro atoms. The molecule has 0 fully saturated rings. The number of methoxy groups -OCH3 is 1. The molecule has 0 radical (unpaired) electrons. The van der Waals surface area contributed by atoms with Gasteiger partial charge in [0.25, 0.3) is 15.9 Å². The van der Waals surface area contributed by atoms with E-state index in [0.717, 1.165) is 37.8 Å². The van der Waals surface area contributed by atoms with E-state index in [-0.39, 0.29) is 10.8 Å². The average Bonchev–Trinajstić information content (AvgIpc) is 3.68. The second-order valence-electron chi connectivity index (χ2n) is 14.0. The molecule has 258 valence electrons. The number of nitrogens with zero attached hydrogens (tertiary/aromatic N) is 2. The standard InChI is InChI=1S/C42H37ClN2O5S/c1-41(2)35-25-50-39(27-16-20-28(43)21-17-27)32(35)24-34(26-18-22-29(49-5)23-19-26)42(41)33-12-6-7-13-37(33)45(40(42)46)51(47,48)38-15-9-10-30-31(38)11-8-14-36(30)44(3)4/h6-24,35H,25H2,1-5H3/t35-,42-/m0/s1. The number of halogens is 1. The van der Waals surface area contributed by atoms with Crippen LogP contribution in [0.25, 0.3) is 22.1 Å². The maximum absolute atomic E-state index is 15.8. The topological polar surface area (TPSA) is 76.1 Å². The Bertz CT molecular complexity index is 2420. The molecule has 0 saturated carbocycles. The minimum atomic E-state index is -4.43. The molecule has 0 bridgehead atoms. The highest BCUT2D eigenvalue weighted by molar-refractivity contribution is 7.93. The van der Waals surface area contributed by atoms with E-state index in [4.69, 9.17) is 21.1 Å². The first-order chi connectivity index (χ1) is 24.4. The van der Waals surface area contributed by atoms with Crippen molar-refractivity contribution in [3.63, 3.8) is 0 Å². The highest BCUT2D eigenvalue weighted by Gasteiger charge is 2.68. The molecule has 0 aromatic heterocycles. The fraction of sp³-hybridized carbons (Fsp3) is 0.214. The van der Waals surface area contributed by atoms with Crippen LogP contribution in [0.1, 0.15) is 30.5 Å². The third kappa shape index (κ3) is 4.62. The van der Waals surface area contributed by atoms with Crippen molar-refractivity contribution in [2.24, 2.45) is 11.3 Å². The summed E-state index contributed by atoms with van der Waals surface area (Å²) in [5, 5.41) is 1.95. The van der Waals surface area contributed by atoms with Crippen molar-refractivity contribution in [3.05, 3.63) is 143 Å². The van der Waals surface area contributed by atoms with E-state index in [1.165, 1.54) is 0 Å². The van der Waals surface area contributed by atoms with Gasteiger partial charge in [-0.3, -0.25) is 4.79 Å². The molecule has 5 aromatic carbocycles. The van der Waals surface area contributed by atoms with Crippen LogP contribution >= 0.6 is 11.6 Å². The molecule has 1 amide bonds. The molecule has 2 atom stereocenters. The van der Waals surface area contributed by atoms with Crippen molar-refractivity contribution in [3.8, 4) is 5.75 Å². The number of amides is 1. The van der Waals surface area contributed by atoms with E-state index in [2.05, 4.69) is 19.9 Å². The Labute approximate surface area is 303 Å². The summed E-state index contributed by atoms with van der Waals surface area (Å²) in [4.78, 5) is 17.8. The van der Waals surface area contributed by atoms with E-state index < -0.39 is 26.8 Å². The van der Waals surface area contributed by atoms with Crippen LogP contribution in [0.5, 0.6) is 5.75 Å². The Hall–Kier alpha value is -5.05. The van der Waals surface area contributed by atoms with E-state index in [1.54, 1.807) is 37.4 Å². The van der Waals surface area contributed by atoms with Crippen molar-refractivity contribution in [2.75, 3.05) is 37.0 Å². The second-order valence-corrected chi connectivity index (χ2v) is 16.2. The molecular formula is C42H37ClN2O5S. The lowest BCUT2D eigenvalue weighted by Gasteiger charge is -2.51. The largest absolute Gasteiger partial charge is 0.497 e. The highest BCUT2D eigenvalue weighted by Crippen LogP contribution is 2.66. The number of para-hydroxylation sites is 1. The van der Waals surface area contributed by atoms with Gasteiger partial charge >= 0.3 is 0 Å². The Morgan fingerprint density at radius 3 is 2.22 bits per heavy atom. The van der Waals surface area contributed by atoms with Gasteiger partial charge in [-0.05, 0) is 82.8 Å². The Morgan fingerprint density at radius 2 is 1.51 bits per heavy atom. The first-order valence-electron chi connectivity index (χ1n) is 16.8. The number of sulfonamides is 1. The molecule has 2 aliphatic heterocycles. The molecule has 0 saturated heterocycles. The fourth-order valence-corrected chi connectivity index (χ4v) is 10.3.